The predicted octanol–water partition coefficient (Wildman–Crippen LogP) is 0.908. The van der Waals surface area contributed by atoms with Crippen LogP contribution in [0.15, 0.2) is 0 Å². The number of halogens is 2. The molecule has 0 spiro atoms. The van der Waals surface area contributed by atoms with Gasteiger partial charge in [0.25, 0.3) is 0 Å². The summed E-state index contributed by atoms with van der Waals surface area (Å²) in [4.78, 5) is 1.97. The molecule has 0 aromatic rings. The maximum atomic E-state index is 2.15. The SMILES string of the molecule is CI.[LiH].[Li][I]. The van der Waals surface area contributed by atoms with Crippen molar-refractivity contribution in [2.24, 2.45) is 0 Å². The van der Waals surface area contributed by atoms with Crippen LogP contribution < -0.4 is 0 Å². The number of alkyl halides is 1. The van der Waals surface area contributed by atoms with E-state index in [9.17, 15) is 0 Å². The van der Waals surface area contributed by atoms with Crippen LogP contribution in [0.4, 0.5) is 0 Å². The third-order valence-corrected chi connectivity index (χ3v) is 0. The summed E-state index contributed by atoms with van der Waals surface area (Å²) in [6, 6.07) is 0. The van der Waals surface area contributed by atoms with Gasteiger partial charge in [0, 0.05) is 0 Å². The molecule has 0 amide bonds. The Kier molecular flexibility index (Phi) is 94.5. The van der Waals surface area contributed by atoms with E-state index in [4.69, 9.17) is 0 Å². The van der Waals surface area contributed by atoms with E-state index in [1.54, 1.807) is 0 Å². The molecule has 0 bridgehead atoms. The van der Waals surface area contributed by atoms with Gasteiger partial charge in [0.1, 0.15) is 0 Å². The molecule has 0 aliphatic heterocycles. The molecule has 5 heavy (non-hydrogen) atoms. The Labute approximate surface area is 79.1 Å². The van der Waals surface area contributed by atoms with Crippen molar-refractivity contribution >= 4 is 75.6 Å². The molecule has 0 aliphatic rings. The summed E-state index contributed by atoms with van der Waals surface area (Å²) in [5.41, 5.74) is 0. The predicted molar refractivity (Wildman–Crippen MR) is 46.9 cm³/mol. The topological polar surface area (TPSA) is 0 Å². The van der Waals surface area contributed by atoms with Gasteiger partial charge in [0.05, 0.1) is 0 Å². The molecule has 0 unspecified atom stereocenters. The summed E-state index contributed by atoms with van der Waals surface area (Å²) in [6.07, 6.45) is 0. The van der Waals surface area contributed by atoms with Crippen LogP contribution in [0.5, 0.6) is 0 Å². The van der Waals surface area contributed by atoms with Gasteiger partial charge >= 0.3 is 53.0 Å². The van der Waals surface area contributed by atoms with Crippen molar-refractivity contribution in [1.29, 1.82) is 0 Å². The van der Waals surface area contributed by atoms with Crippen LogP contribution in [-0.4, -0.2) is 38.1 Å². The zero-order chi connectivity index (χ0) is 4.00. The minimum absolute atomic E-state index is 0. The van der Waals surface area contributed by atoms with Crippen molar-refractivity contribution < 1.29 is 0 Å². The molecule has 0 N–H and O–H groups in total. The molecule has 4 heteroatoms. The van der Waals surface area contributed by atoms with Gasteiger partial charge in [-0.05, 0) is 4.93 Å². The molecule has 0 aliphatic carbocycles. The van der Waals surface area contributed by atoms with Crippen molar-refractivity contribution in [3.05, 3.63) is 0 Å². The second-order valence-electron chi connectivity index (χ2n) is 0. The van der Waals surface area contributed by atoms with Crippen LogP contribution in [-0.2, 0) is 0 Å². The summed E-state index contributed by atoms with van der Waals surface area (Å²) < 4.78 is 0. The summed E-state index contributed by atoms with van der Waals surface area (Å²) in [6.45, 7) is 0. The van der Waals surface area contributed by atoms with Gasteiger partial charge in [-0.1, -0.05) is 22.6 Å². The summed E-state index contributed by atoms with van der Waals surface area (Å²) in [7, 11) is 0. The van der Waals surface area contributed by atoms with Crippen LogP contribution in [0, 0.1) is 0 Å². The Morgan fingerprint density at radius 1 is 1.20 bits per heavy atom. The molecular weight excluding hydrogens is 280 g/mol. The summed E-state index contributed by atoms with van der Waals surface area (Å²) in [5, 5.41) is 0. The van der Waals surface area contributed by atoms with Gasteiger partial charge in [0.2, 0.25) is 0 Å². The molecule has 0 radical (unpaired) electrons. The van der Waals surface area contributed by atoms with Gasteiger partial charge in [-0.3, -0.25) is 0 Å². The van der Waals surface area contributed by atoms with Gasteiger partial charge in [0.15, 0.2) is 0 Å². The Hall–Kier alpha value is 2.65. The Morgan fingerprint density at radius 3 is 1.20 bits per heavy atom. The van der Waals surface area contributed by atoms with Gasteiger partial charge in [-0.25, -0.2) is 0 Å². The summed E-state index contributed by atoms with van der Waals surface area (Å²) in [5.74, 6) is 0. The first-order valence-electron chi connectivity index (χ1n) is 0.756. The van der Waals surface area contributed by atoms with Crippen molar-refractivity contribution in [1.82, 2.24) is 0 Å². The first-order chi connectivity index (χ1) is 2.00. The fourth-order valence-corrected chi connectivity index (χ4v) is 0. The quantitative estimate of drug-likeness (QED) is 0.352. The second kappa shape index (κ2) is 30.2. The molecule has 24 valence electrons. The van der Waals surface area contributed by atoms with E-state index < -0.39 is 0 Å². The number of hydrogen-bond acceptors (Lipinski definition) is 0. The molecule has 0 nitrogen and oxygen atoms in total. The number of hydrogen-bond donors (Lipinski definition) is 0. The van der Waals surface area contributed by atoms with Crippen molar-refractivity contribution in [2.75, 3.05) is 4.93 Å². The molecule has 0 aromatic carbocycles. The molecule has 0 rings (SSSR count). The average Bonchev–Trinajstić information content (AvgIpc) is 1.50. The Morgan fingerprint density at radius 2 is 1.20 bits per heavy atom. The Balaban J connectivity index is -0.0000000133. The fraction of sp³-hybridized carbons (Fsp3) is 1.00. The van der Waals surface area contributed by atoms with Gasteiger partial charge in [-0.2, -0.15) is 0 Å². The normalized spacial score (nSPS) is 2.60. The molecule has 0 saturated carbocycles. The van der Waals surface area contributed by atoms with Crippen LogP contribution in [0.3, 0.4) is 0 Å². The van der Waals surface area contributed by atoms with Crippen molar-refractivity contribution in [3.63, 3.8) is 0 Å². The second-order valence-corrected chi connectivity index (χ2v) is 0. The van der Waals surface area contributed by atoms with Gasteiger partial charge < -0.3 is 0 Å². The van der Waals surface area contributed by atoms with E-state index in [0.717, 1.165) is 0 Å². The van der Waals surface area contributed by atoms with Gasteiger partial charge in [-0.15, -0.1) is 0 Å². The van der Waals surface area contributed by atoms with Crippen LogP contribution in [0.1, 0.15) is 0 Å². The third-order valence-electron chi connectivity index (χ3n) is 0. The minimum atomic E-state index is 0. The Bertz CT molecular complexity index is 7.61. The molecule has 0 atom stereocenters. The molecule has 0 aromatic heterocycles. The number of rotatable bonds is 0. The van der Waals surface area contributed by atoms with Crippen LogP contribution >= 0.6 is 42.5 Å². The van der Waals surface area contributed by atoms with Crippen LogP contribution in [0.25, 0.3) is 0 Å². The fourth-order valence-electron chi connectivity index (χ4n) is 0. The van der Waals surface area contributed by atoms with E-state index in [1.165, 1.54) is 0 Å². The zero-order valence-electron chi connectivity index (χ0n) is 2.76. The van der Waals surface area contributed by atoms with E-state index in [2.05, 4.69) is 42.5 Å². The monoisotopic (exact) mass is 284 g/mol. The molecule has 0 heterocycles. The van der Waals surface area contributed by atoms with Crippen molar-refractivity contribution in [3.8, 4) is 0 Å². The van der Waals surface area contributed by atoms with Crippen LogP contribution in [0.2, 0.25) is 0 Å². The standard InChI is InChI=1S/CH3I.HI.2Li.H/c1-2;;;;/h1H3;1H;;;/q;;;+1;/p-1. The van der Waals surface area contributed by atoms with E-state index in [0.29, 0.717) is 0 Å². The third kappa shape index (κ3) is 20.5. The maximum absolute atomic E-state index is 2.15. The molecular formula is CH4I2Li2. The van der Waals surface area contributed by atoms with E-state index in [-0.39, 0.29) is 18.9 Å². The first kappa shape index (κ1) is 15.6. The average molecular weight is 284 g/mol. The van der Waals surface area contributed by atoms with E-state index >= 15 is 0 Å². The summed E-state index contributed by atoms with van der Waals surface area (Å²) >= 11 is 6.27. The zero-order valence-corrected chi connectivity index (χ0v) is 7.07. The van der Waals surface area contributed by atoms with Crippen molar-refractivity contribution in [2.45, 2.75) is 0 Å². The molecule has 0 saturated heterocycles. The van der Waals surface area contributed by atoms with E-state index in [1.807, 2.05) is 19.2 Å². The molecule has 0 fully saturated rings. The first-order valence-corrected chi connectivity index (χ1v) is 5.07.